The molecule has 1 nitrogen and oxygen atoms in total. The van der Waals surface area contributed by atoms with Crippen molar-refractivity contribution in [2.45, 2.75) is 32.1 Å². The molecule has 2 N–H and O–H groups in total. The fourth-order valence-electron chi connectivity index (χ4n) is 2.81. The molecular weight excluding hydrogens is 262 g/mol. The van der Waals surface area contributed by atoms with Gasteiger partial charge in [-0.15, -0.1) is 0 Å². The number of hydrogen-bond acceptors (Lipinski definition) is 1. The van der Waals surface area contributed by atoms with Gasteiger partial charge in [0.2, 0.25) is 0 Å². The van der Waals surface area contributed by atoms with E-state index in [9.17, 15) is 0 Å². The predicted molar refractivity (Wildman–Crippen MR) is 72.3 cm³/mol. The van der Waals surface area contributed by atoms with Crippen LogP contribution in [0.3, 0.4) is 0 Å². The largest absolute Gasteiger partial charge is 0.330 e. The van der Waals surface area contributed by atoms with E-state index in [1.165, 1.54) is 42.1 Å². The number of nitrogens with two attached hydrogens (primary N) is 1. The number of halogens is 1. The Bertz CT molecular complexity index is 337. The van der Waals surface area contributed by atoms with Crippen molar-refractivity contribution in [1.82, 2.24) is 0 Å². The van der Waals surface area contributed by atoms with E-state index in [0.717, 1.165) is 18.4 Å². The first-order chi connectivity index (χ1) is 7.81. The molecule has 1 saturated carbocycles. The summed E-state index contributed by atoms with van der Waals surface area (Å²) < 4.78 is 1.25. The standard InChI is InChI=1S/C14H20BrN/c15-14-8-4-3-6-12(14)9-11-5-1-2-7-13(11)10-16/h3-4,6,8,11,13H,1-2,5,7,9-10,16H2. The van der Waals surface area contributed by atoms with Crippen LogP contribution in [0, 0.1) is 11.8 Å². The van der Waals surface area contributed by atoms with Crippen LogP contribution in [0.2, 0.25) is 0 Å². The average molecular weight is 282 g/mol. The van der Waals surface area contributed by atoms with Crippen molar-refractivity contribution in [2.24, 2.45) is 17.6 Å². The minimum atomic E-state index is 0.737. The minimum absolute atomic E-state index is 0.737. The molecule has 0 heterocycles. The molecule has 88 valence electrons. The zero-order chi connectivity index (χ0) is 11.4. The molecule has 1 fully saturated rings. The summed E-state index contributed by atoms with van der Waals surface area (Å²) in [5.41, 5.74) is 7.31. The Balaban J connectivity index is 2.05. The molecule has 2 atom stereocenters. The highest BCUT2D eigenvalue weighted by Crippen LogP contribution is 2.33. The Morgan fingerprint density at radius 1 is 1.12 bits per heavy atom. The molecule has 1 aliphatic carbocycles. The van der Waals surface area contributed by atoms with Crippen molar-refractivity contribution in [3.05, 3.63) is 34.3 Å². The summed E-state index contributed by atoms with van der Waals surface area (Å²) in [4.78, 5) is 0. The molecule has 0 amide bonds. The second-order valence-electron chi connectivity index (χ2n) is 4.84. The summed E-state index contributed by atoms with van der Waals surface area (Å²) in [5.74, 6) is 1.53. The van der Waals surface area contributed by atoms with Crippen LogP contribution in [0.15, 0.2) is 28.7 Å². The quantitative estimate of drug-likeness (QED) is 0.897. The number of benzene rings is 1. The molecule has 0 bridgehead atoms. The van der Waals surface area contributed by atoms with Crippen molar-refractivity contribution in [3.8, 4) is 0 Å². The maximum atomic E-state index is 5.87. The van der Waals surface area contributed by atoms with Gasteiger partial charge in [-0.05, 0) is 49.3 Å². The van der Waals surface area contributed by atoms with Gasteiger partial charge in [0.25, 0.3) is 0 Å². The van der Waals surface area contributed by atoms with Gasteiger partial charge in [0.05, 0.1) is 0 Å². The molecule has 1 aliphatic rings. The molecule has 1 aromatic rings. The van der Waals surface area contributed by atoms with Crippen LogP contribution in [0.4, 0.5) is 0 Å². The van der Waals surface area contributed by atoms with Gasteiger partial charge in [-0.1, -0.05) is 47.0 Å². The molecule has 0 spiro atoms. The molecule has 1 aromatic carbocycles. The molecule has 2 heteroatoms. The van der Waals surface area contributed by atoms with Crippen LogP contribution in [0.5, 0.6) is 0 Å². The zero-order valence-corrected chi connectivity index (χ0v) is 11.2. The first kappa shape index (κ1) is 12.1. The first-order valence-corrected chi connectivity index (χ1v) is 7.04. The van der Waals surface area contributed by atoms with Crippen molar-refractivity contribution in [2.75, 3.05) is 6.54 Å². The van der Waals surface area contributed by atoms with Crippen LogP contribution in [0.25, 0.3) is 0 Å². The van der Waals surface area contributed by atoms with Crippen LogP contribution < -0.4 is 5.73 Å². The summed E-state index contributed by atoms with van der Waals surface area (Å²) in [5, 5.41) is 0. The molecule has 16 heavy (non-hydrogen) atoms. The predicted octanol–water partition coefficient (Wildman–Crippen LogP) is 3.76. The fourth-order valence-corrected chi connectivity index (χ4v) is 3.26. The monoisotopic (exact) mass is 281 g/mol. The summed E-state index contributed by atoms with van der Waals surface area (Å²) >= 11 is 3.63. The van der Waals surface area contributed by atoms with Crippen LogP contribution in [0.1, 0.15) is 31.2 Å². The van der Waals surface area contributed by atoms with Gasteiger partial charge >= 0.3 is 0 Å². The van der Waals surface area contributed by atoms with E-state index in [0.29, 0.717) is 0 Å². The normalized spacial score (nSPS) is 25.6. The average Bonchev–Trinajstić information content (AvgIpc) is 2.33. The topological polar surface area (TPSA) is 26.0 Å². The Hall–Kier alpha value is -0.340. The fraction of sp³-hybridized carbons (Fsp3) is 0.571. The van der Waals surface area contributed by atoms with Crippen LogP contribution >= 0.6 is 15.9 Å². The summed E-state index contributed by atoms with van der Waals surface area (Å²) in [7, 11) is 0. The lowest BCUT2D eigenvalue weighted by Crippen LogP contribution is -2.28. The van der Waals surface area contributed by atoms with E-state index in [-0.39, 0.29) is 0 Å². The van der Waals surface area contributed by atoms with E-state index < -0.39 is 0 Å². The lowest BCUT2D eigenvalue weighted by Gasteiger charge is -2.31. The van der Waals surface area contributed by atoms with Gasteiger partial charge in [-0.2, -0.15) is 0 Å². The third-order valence-electron chi connectivity index (χ3n) is 3.81. The smallest absolute Gasteiger partial charge is 0.0207 e. The van der Waals surface area contributed by atoms with Gasteiger partial charge in [-0.25, -0.2) is 0 Å². The molecule has 0 saturated heterocycles. The highest BCUT2D eigenvalue weighted by molar-refractivity contribution is 9.10. The van der Waals surface area contributed by atoms with Gasteiger partial charge in [0.1, 0.15) is 0 Å². The number of rotatable bonds is 3. The number of hydrogen-bond donors (Lipinski definition) is 1. The Morgan fingerprint density at radius 2 is 1.81 bits per heavy atom. The molecular formula is C14H20BrN. The Morgan fingerprint density at radius 3 is 2.50 bits per heavy atom. The van der Waals surface area contributed by atoms with E-state index in [1.807, 2.05) is 0 Å². The third kappa shape index (κ3) is 2.86. The molecule has 0 radical (unpaired) electrons. The first-order valence-electron chi connectivity index (χ1n) is 6.24. The summed E-state index contributed by atoms with van der Waals surface area (Å²) in [6.45, 7) is 0.856. The van der Waals surface area contributed by atoms with Gasteiger partial charge in [0, 0.05) is 4.47 Å². The van der Waals surface area contributed by atoms with Gasteiger partial charge < -0.3 is 5.73 Å². The maximum Gasteiger partial charge on any atom is 0.0207 e. The van der Waals surface area contributed by atoms with Crippen molar-refractivity contribution >= 4 is 15.9 Å². The van der Waals surface area contributed by atoms with Gasteiger partial charge in [0.15, 0.2) is 0 Å². The Labute approximate surface area is 107 Å². The van der Waals surface area contributed by atoms with E-state index in [4.69, 9.17) is 5.73 Å². The molecule has 0 aliphatic heterocycles. The van der Waals surface area contributed by atoms with Crippen molar-refractivity contribution in [1.29, 1.82) is 0 Å². The summed E-state index contributed by atoms with van der Waals surface area (Å²) in [6, 6.07) is 8.57. The Kier molecular flexibility index (Phi) is 4.42. The third-order valence-corrected chi connectivity index (χ3v) is 4.58. The molecule has 2 rings (SSSR count). The second-order valence-corrected chi connectivity index (χ2v) is 5.69. The van der Waals surface area contributed by atoms with Crippen molar-refractivity contribution in [3.63, 3.8) is 0 Å². The van der Waals surface area contributed by atoms with E-state index >= 15 is 0 Å². The van der Waals surface area contributed by atoms with E-state index in [1.54, 1.807) is 0 Å². The lowest BCUT2D eigenvalue weighted by atomic mass is 9.76. The van der Waals surface area contributed by atoms with Crippen LogP contribution in [-0.4, -0.2) is 6.54 Å². The van der Waals surface area contributed by atoms with Crippen LogP contribution in [-0.2, 0) is 6.42 Å². The second kappa shape index (κ2) is 5.83. The zero-order valence-electron chi connectivity index (χ0n) is 9.66. The van der Waals surface area contributed by atoms with E-state index in [2.05, 4.69) is 40.2 Å². The van der Waals surface area contributed by atoms with Gasteiger partial charge in [-0.3, -0.25) is 0 Å². The lowest BCUT2D eigenvalue weighted by molar-refractivity contribution is 0.242. The minimum Gasteiger partial charge on any atom is -0.330 e. The summed E-state index contributed by atoms with van der Waals surface area (Å²) in [6.07, 6.45) is 6.61. The SMILES string of the molecule is NCC1CCCCC1Cc1ccccc1Br. The highest BCUT2D eigenvalue weighted by atomic mass is 79.9. The van der Waals surface area contributed by atoms with Crippen molar-refractivity contribution < 1.29 is 0 Å². The molecule has 0 aromatic heterocycles. The maximum absolute atomic E-state index is 5.87. The molecule has 2 unspecified atom stereocenters. The highest BCUT2D eigenvalue weighted by Gasteiger charge is 2.24.